The molecule has 1 saturated carbocycles. The van der Waals surface area contributed by atoms with Crippen LogP contribution in [0.2, 0.25) is 5.02 Å². The van der Waals surface area contributed by atoms with Gasteiger partial charge >= 0.3 is 0 Å². The number of hydrogen-bond acceptors (Lipinski definition) is 4. The zero-order valence-electron chi connectivity index (χ0n) is 12.2. The van der Waals surface area contributed by atoms with Gasteiger partial charge in [-0.3, -0.25) is 4.79 Å². The number of ether oxygens (including phenoxy) is 3. The number of nitrogens with zero attached hydrogens (tertiary/aromatic N) is 1. The minimum atomic E-state index is -0.000858. The molecule has 1 aliphatic carbocycles. The standard InChI is InChI=1S/C16H18ClNO4/c17-11-8-10(9-14-15(11)22-7-6-21-14)16(19)18-4-5-20-13-3-1-2-12(13)18/h8-9,12-13H,1-7H2/t12-,13-/m0/s1. The Balaban J connectivity index is 1.63. The number of fused-ring (bicyclic) bond motifs is 2. The number of halogens is 1. The van der Waals surface area contributed by atoms with Crippen LogP contribution in [0.25, 0.3) is 0 Å². The molecule has 0 radical (unpaired) electrons. The third-order valence-electron chi connectivity index (χ3n) is 4.59. The summed E-state index contributed by atoms with van der Waals surface area (Å²) in [4.78, 5) is 14.8. The van der Waals surface area contributed by atoms with E-state index < -0.39 is 0 Å². The first kappa shape index (κ1) is 14.2. The lowest BCUT2D eigenvalue weighted by atomic mass is 10.1. The first-order valence-electron chi connectivity index (χ1n) is 7.76. The molecule has 4 rings (SSSR count). The van der Waals surface area contributed by atoms with Gasteiger partial charge < -0.3 is 19.1 Å². The van der Waals surface area contributed by atoms with E-state index in [2.05, 4.69) is 0 Å². The van der Waals surface area contributed by atoms with Crippen LogP contribution in [0.5, 0.6) is 11.5 Å². The molecule has 3 aliphatic rings. The molecular weight excluding hydrogens is 306 g/mol. The van der Waals surface area contributed by atoms with Gasteiger partial charge in [0.05, 0.1) is 23.8 Å². The van der Waals surface area contributed by atoms with Crippen molar-refractivity contribution in [3.8, 4) is 11.5 Å². The maximum Gasteiger partial charge on any atom is 0.254 e. The van der Waals surface area contributed by atoms with Crippen molar-refractivity contribution in [3.05, 3.63) is 22.7 Å². The highest BCUT2D eigenvalue weighted by molar-refractivity contribution is 6.32. The maximum atomic E-state index is 12.9. The van der Waals surface area contributed by atoms with E-state index in [0.29, 0.717) is 48.5 Å². The van der Waals surface area contributed by atoms with Gasteiger partial charge in [0.15, 0.2) is 11.5 Å². The van der Waals surface area contributed by atoms with Crippen molar-refractivity contribution in [1.29, 1.82) is 0 Å². The predicted molar refractivity (Wildman–Crippen MR) is 80.9 cm³/mol. The number of hydrogen-bond donors (Lipinski definition) is 0. The van der Waals surface area contributed by atoms with Crippen molar-refractivity contribution in [2.45, 2.75) is 31.4 Å². The first-order chi connectivity index (χ1) is 10.7. The Morgan fingerprint density at radius 1 is 1.18 bits per heavy atom. The SMILES string of the molecule is O=C(c1cc(Cl)c2c(c1)OCCO2)N1CCO[C@H]2CCC[C@@H]21. The quantitative estimate of drug-likeness (QED) is 0.796. The molecule has 2 atom stereocenters. The third-order valence-corrected chi connectivity index (χ3v) is 4.87. The smallest absolute Gasteiger partial charge is 0.254 e. The van der Waals surface area contributed by atoms with Crippen LogP contribution in [0.1, 0.15) is 29.6 Å². The van der Waals surface area contributed by atoms with Gasteiger partial charge in [-0.1, -0.05) is 11.6 Å². The van der Waals surface area contributed by atoms with Crippen LogP contribution in [0.15, 0.2) is 12.1 Å². The lowest BCUT2D eigenvalue weighted by Crippen LogP contribution is -2.51. The summed E-state index contributed by atoms with van der Waals surface area (Å²) in [6.45, 7) is 2.19. The molecule has 22 heavy (non-hydrogen) atoms. The predicted octanol–water partition coefficient (Wildman–Crippen LogP) is 2.50. The van der Waals surface area contributed by atoms with Crippen LogP contribution >= 0.6 is 11.6 Å². The van der Waals surface area contributed by atoms with E-state index in [1.165, 1.54) is 0 Å². The topological polar surface area (TPSA) is 48.0 Å². The van der Waals surface area contributed by atoms with E-state index in [9.17, 15) is 4.79 Å². The van der Waals surface area contributed by atoms with Crippen molar-refractivity contribution >= 4 is 17.5 Å². The van der Waals surface area contributed by atoms with Gasteiger partial charge in [0.25, 0.3) is 5.91 Å². The fourth-order valence-corrected chi connectivity index (χ4v) is 3.84. The molecule has 0 unspecified atom stereocenters. The Kier molecular flexibility index (Phi) is 3.62. The van der Waals surface area contributed by atoms with Crippen molar-refractivity contribution in [2.75, 3.05) is 26.4 Å². The summed E-state index contributed by atoms with van der Waals surface area (Å²) >= 11 is 6.24. The minimum Gasteiger partial charge on any atom is -0.486 e. The van der Waals surface area contributed by atoms with Crippen molar-refractivity contribution in [3.63, 3.8) is 0 Å². The van der Waals surface area contributed by atoms with Crippen LogP contribution in [-0.4, -0.2) is 49.3 Å². The monoisotopic (exact) mass is 323 g/mol. The second-order valence-electron chi connectivity index (χ2n) is 5.89. The zero-order chi connectivity index (χ0) is 15.1. The molecule has 0 N–H and O–H groups in total. The summed E-state index contributed by atoms with van der Waals surface area (Å²) < 4.78 is 16.8. The number of benzene rings is 1. The highest BCUT2D eigenvalue weighted by atomic mass is 35.5. The van der Waals surface area contributed by atoms with Crippen molar-refractivity contribution in [2.24, 2.45) is 0 Å². The molecule has 2 fully saturated rings. The Labute approximate surface area is 134 Å². The van der Waals surface area contributed by atoms with E-state index >= 15 is 0 Å². The average molecular weight is 324 g/mol. The largest absolute Gasteiger partial charge is 0.486 e. The molecule has 2 heterocycles. The molecular formula is C16H18ClNO4. The van der Waals surface area contributed by atoms with Crippen LogP contribution in [-0.2, 0) is 4.74 Å². The van der Waals surface area contributed by atoms with Gasteiger partial charge in [-0.25, -0.2) is 0 Å². The van der Waals surface area contributed by atoms with Crippen LogP contribution in [0.4, 0.5) is 0 Å². The van der Waals surface area contributed by atoms with E-state index in [1.54, 1.807) is 12.1 Å². The number of rotatable bonds is 1. The van der Waals surface area contributed by atoms with Crippen molar-refractivity contribution in [1.82, 2.24) is 4.90 Å². The average Bonchev–Trinajstić information content (AvgIpc) is 3.02. The maximum absolute atomic E-state index is 12.9. The summed E-state index contributed by atoms with van der Waals surface area (Å²) in [5, 5.41) is 0.428. The Bertz CT molecular complexity index is 606. The lowest BCUT2D eigenvalue weighted by molar-refractivity contribution is -0.0445. The molecule has 0 aromatic heterocycles. The second-order valence-corrected chi connectivity index (χ2v) is 6.30. The normalized spacial score (nSPS) is 26.7. The molecule has 6 heteroatoms. The number of carbonyl (C=O) groups excluding carboxylic acids is 1. The highest BCUT2D eigenvalue weighted by Crippen LogP contribution is 2.39. The summed E-state index contributed by atoms with van der Waals surface area (Å²) in [5.41, 5.74) is 0.557. The van der Waals surface area contributed by atoms with E-state index in [0.717, 1.165) is 19.3 Å². The molecule has 118 valence electrons. The van der Waals surface area contributed by atoms with Gasteiger partial charge in [-0.05, 0) is 31.4 Å². The molecule has 1 aromatic rings. The van der Waals surface area contributed by atoms with E-state index in [-0.39, 0.29) is 18.1 Å². The van der Waals surface area contributed by atoms with Gasteiger partial charge in [-0.2, -0.15) is 0 Å². The second kappa shape index (κ2) is 5.63. The molecule has 1 amide bonds. The fraction of sp³-hybridized carbons (Fsp3) is 0.562. The van der Waals surface area contributed by atoms with Crippen LogP contribution < -0.4 is 9.47 Å². The Morgan fingerprint density at radius 2 is 2.05 bits per heavy atom. The summed E-state index contributed by atoms with van der Waals surface area (Å²) in [7, 11) is 0. The number of amides is 1. The summed E-state index contributed by atoms with van der Waals surface area (Å²) in [6.07, 6.45) is 3.34. The van der Waals surface area contributed by atoms with Gasteiger partial charge in [0, 0.05) is 12.1 Å². The van der Waals surface area contributed by atoms with Gasteiger partial charge in [0.2, 0.25) is 0 Å². The number of morpholine rings is 1. The zero-order valence-corrected chi connectivity index (χ0v) is 13.0. The summed E-state index contributed by atoms with van der Waals surface area (Å²) in [5.74, 6) is 1.09. The molecule has 0 bridgehead atoms. The fourth-order valence-electron chi connectivity index (χ4n) is 3.58. The first-order valence-corrected chi connectivity index (χ1v) is 8.13. The molecule has 1 saturated heterocycles. The summed E-state index contributed by atoms with van der Waals surface area (Å²) in [6, 6.07) is 3.60. The number of carbonyl (C=O) groups is 1. The molecule has 1 aromatic carbocycles. The Hall–Kier alpha value is -1.46. The van der Waals surface area contributed by atoms with Crippen LogP contribution in [0, 0.1) is 0 Å². The van der Waals surface area contributed by atoms with Gasteiger partial charge in [0.1, 0.15) is 13.2 Å². The highest BCUT2D eigenvalue weighted by Gasteiger charge is 2.39. The molecule has 5 nitrogen and oxygen atoms in total. The van der Waals surface area contributed by atoms with E-state index in [1.807, 2.05) is 4.90 Å². The Morgan fingerprint density at radius 3 is 2.95 bits per heavy atom. The van der Waals surface area contributed by atoms with E-state index in [4.69, 9.17) is 25.8 Å². The third kappa shape index (κ3) is 2.32. The molecule has 0 spiro atoms. The van der Waals surface area contributed by atoms with Crippen LogP contribution in [0.3, 0.4) is 0 Å². The lowest BCUT2D eigenvalue weighted by Gasteiger charge is -2.37. The minimum absolute atomic E-state index is 0.000858. The molecule has 2 aliphatic heterocycles. The van der Waals surface area contributed by atoms with Crippen molar-refractivity contribution < 1.29 is 19.0 Å². The van der Waals surface area contributed by atoms with Gasteiger partial charge in [-0.15, -0.1) is 0 Å².